The van der Waals surface area contributed by atoms with Crippen molar-refractivity contribution in [1.82, 2.24) is 4.90 Å². The number of alkyl halides is 3. The van der Waals surface area contributed by atoms with Gasteiger partial charge < -0.3 is 4.74 Å². The van der Waals surface area contributed by atoms with Gasteiger partial charge in [0.05, 0.1) is 36.7 Å². The summed E-state index contributed by atoms with van der Waals surface area (Å²) in [6, 6.07) is 10.8. The molecule has 8 heteroatoms. The van der Waals surface area contributed by atoms with Crippen molar-refractivity contribution < 1.29 is 22.7 Å². The van der Waals surface area contributed by atoms with Crippen molar-refractivity contribution in [2.45, 2.75) is 29.8 Å². The number of hydrogen-bond donors (Lipinski definition) is 0. The first-order valence-electron chi connectivity index (χ1n) is 9.55. The molecule has 1 amide bonds. The van der Waals surface area contributed by atoms with E-state index in [1.54, 1.807) is 12.1 Å². The zero-order chi connectivity index (χ0) is 21.0. The fourth-order valence-corrected chi connectivity index (χ4v) is 4.26. The van der Waals surface area contributed by atoms with E-state index in [-0.39, 0.29) is 18.1 Å². The maximum absolute atomic E-state index is 13.2. The molecule has 29 heavy (non-hydrogen) atoms. The summed E-state index contributed by atoms with van der Waals surface area (Å²) >= 11 is 1.37. The van der Waals surface area contributed by atoms with E-state index in [9.17, 15) is 18.0 Å². The Morgan fingerprint density at radius 2 is 1.69 bits per heavy atom. The van der Waals surface area contributed by atoms with E-state index in [0.717, 1.165) is 17.0 Å². The van der Waals surface area contributed by atoms with Crippen molar-refractivity contribution in [3.8, 4) is 0 Å². The number of ether oxygens (including phenoxy) is 1. The maximum atomic E-state index is 13.2. The van der Waals surface area contributed by atoms with Gasteiger partial charge in [-0.25, -0.2) is 0 Å². The minimum Gasteiger partial charge on any atom is -0.379 e. The van der Waals surface area contributed by atoms with Gasteiger partial charge in [-0.1, -0.05) is 37.7 Å². The van der Waals surface area contributed by atoms with Crippen LogP contribution in [0.2, 0.25) is 0 Å². The first kappa shape index (κ1) is 21.7. The molecule has 0 N–H and O–H groups in total. The van der Waals surface area contributed by atoms with Gasteiger partial charge in [0, 0.05) is 22.9 Å². The summed E-state index contributed by atoms with van der Waals surface area (Å²) in [6.07, 6.45) is -4.46. The van der Waals surface area contributed by atoms with Crippen LogP contribution in [0.25, 0.3) is 0 Å². The fraction of sp³-hybridized carbons (Fsp3) is 0.381. The lowest BCUT2D eigenvalue weighted by Crippen LogP contribution is -2.44. The van der Waals surface area contributed by atoms with Gasteiger partial charge in [0.15, 0.2) is 0 Å². The van der Waals surface area contributed by atoms with E-state index in [1.807, 2.05) is 30.9 Å². The van der Waals surface area contributed by atoms with E-state index >= 15 is 0 Å². The first-order chi connectivity index (χ1) is 13.9. The van der Waals surface area contributed by atoms with E-state index in [1.165, 1.54) is 22.7 Å². The van der Waals surface area contributed by atoms with Crippen LogP contribution in [0.15, 0.2) is 52.3 Å². The van der Waals surface area contributed by atoms with Crippen LogP contribution in [-0.2, 0) is 15.7 Å². The van der Waals surface area contributed by atoms with Gasteiger partial charge in [-0.05, 0) is 30.3 Å². The smallest absolute Gasteiger partial charge is 0.379 e. The monoisotopic (exact) mass is 424 g/mol. The van der Waals surface area contributed by atoms with Crippen LogP contribution in [-0.4, -0.2) is 43.7 Å². The molecule has 4 nitrogen and oxygen atoms in total. The molecule has 0 aromatic heterocycles. The molecule has 2 aromatic carbocycles. The molecule has 0 saturated carbocycles. The molecule has 0 spiro atoms. The van der Waals surface area contributed by atoms with E-state index in [4.69, 9.17) is 4.74 Å². The third kappa shape index (κ3) is 4.76. The lowest BCUT2D eigenvalue weighted by Gasteiger charge is -2.34. The number of fused-ring (bicyclic) bond motifs is 2. The lowest BCUT2D eigenvalue weighted by molar-refractivity contribution is -0.137. The predicted molar refractivity (Wildman–Crippen MR) is 108 cm³/mol. The number of anilines is 2. The Kier molecular flexibility index (Phi) is 6.87. The largest absolute Gasteiger partial charge is 0.416 e. The zero-order valence-corrected chi connectivity index (χ0v) is 17.1. The van der Waals surface area contributed by atoms with Crippen LogP contribution in [0.4, 0.5) is 24.5 Å². The molecular weight excluding hydrogens is 401 g/mol. The highest BCUT2D eigenvalue weighted by molar-refractivity contribution is 7.99. The SMILES string of the molecule is CC.O=C(CN1CCOCC1)N1c2ccccc2Sc2ccc(C(F)(F)F)cc21. The molecule has 2 heterocycles. The van der Waals surface area contributed by atoms with Crippen molar-refractivity contribution in [1.29, 1.82) is 0 Å². The Morgan fingerprint density at radius 1 is 1.03 bits per heavy atom. The molecule has 4 rings (SSSR count). The Labute approximate surface area is 172 Å². The number of morpholine rings is 1. The number of carbonyl (C=O) groups excluding carboxylic acids is 1. The second-order valence-electron chi connectivity index (χ2n) is 6.37. The molecule has 0 radical (unpaired) electrons. The summed E-state index contributed by atoms with van der Waals surface area (Å²) in [5, 5.41) is 0. The highest BCUT2D eigenvalue weighted by atomic mass is 32.2. The first-order valence-corrected chi connectivity index (χ1v) is 10.4. The number of amides is 1. The molecule has 2 aliphatic rings. The van der Waals surface area contributed by atoms with E-state index in [2.05, 4.69) is 0 Å². The molecule has 2 aliphatic heterocycles. The standard InChI is InChI=1S/C19H17F3N2O2S.C2H6/c20-19(21,22)13-5-6-17-15(11-13)24(14-3-1-2-4-16(14)27-17)18(25)12-23-7-9-26-10-8-23;1-2/h1-6,11H,7-10,12H2;1-2H3. The summed E-state index contributed by atoms with van der Waals surface area (Å²) in [6.45, 7) is 6.50. The third-order valence-corrected chi connectivity index (χ3v) is 5.70. The molecular formula is C21H23F3N2O2S. The fourth-order valence-electron chi connectivity index (χ4n) is 3.22. The predicted octanol–water partition coefficient (Wildman–Crippen LogP) is 5.19. The summed E-state index contributed by atoms with van der Waals surface area (Å²) < 4.78 is 45.0. The minimum atomic E-state index is -4.46. The van der Waals surface area contributed by atoms with Crippen LogP contribution in [0.3, 0.4) is 0 Å². The van der Waals surface area contributed by atoms with Crippen molar-refractivity contribution >= 4 is 29.0 Å². The zero-order valence-electron chi connectivity index (χ0n) is 16.3. The van der Waals surface area contributed by atoms with Gasteiger partial charge in [0.1, 0.15) is 0 Å². The molecule has 1 saturated heterocycles. The van der Waals surface area contributed by atoms with Crippen molar-refractivity contribution in [2.75, 3.05) is 37.7 Å². The maximum Gasteiger partial charge on any atom is 0.416 e. The number of nitrogens with zero attached hydrogens (tertiary/aromatic N) is 2. The number of hydrogen-bond acceptors (Lipinski definition) is 4. The van der Waals surface area contributed by atoms with Crippen LogP contribution in [0.1, 0.15) is 19.4 Å². The highest BCUT2D eigenvalue weighted by Gasteiger charge is 2.35. The Bertz CT molecular complexity index is 867. The Balaban J connectivity index is 0.00000117. The summed E-state index contributed by atoms with van der Waals surface area (Å²) in [5.41, 5.74) is 0.143. The van der Waals surface area contributed by atoms with E-state index < -0.39 is 11.7 Å². The molecule has 0 unspecified atom stereocenters. The van der Waals surface area contributed by atoms with Crippen LogP contribution in [0.5, 0.6) is 0 Å². The van der Waals surface area contributed by atoms with Gasteiger partial charge in [-0.15, -0.1) is 0 Å². The average Bonchev–Trinajstić information content (AvgIpc) is 2.73. The van der Waals surface area contributed by atoms with Gasteiger partial charge in [-0.2, -0.15) is 13.2 Å². The molecule has 0 bridgehead atoms. The quantitative estimate of drug-likeness (QED) is 0.664. The highest BCUT2D eigenvalue weighted by Crippen LogP contribution is 2.49. The Hall–Kier alpha value is -2.03. The lowest BCUT2D eigenvalue weighted by atomic mass is 10.1. The van der Waals surface area contributed by atoms with Crippen LogP contribution in [0, 0.1) is 0 Å². The number of halogens is 3. The average molecular weight is 424 g/mol. The van der Waals surface area contributed by atoms with E-state index in [0.29, 0.717) is 36.9 Å². The second kappa shape index (κ2) is 9.19. The normalized spacial score (nSPS) is 16.4. The topological polar surface area (TPSA) is 32.8 Å². The number of carbonyl (C=O) groups is 1. The van der Waals surface area contributed by atoms with Gasteiger partial charge >= 0.3 is 6.18 Å². The molecule has 1 fully saturated rings. The van der Waals surface area contributed by atoms with Crippen molar-refractivity contribution in [2.24, 2.45) is 0 Å². The number of para-hydroxylation sites is 1. The Morgan fingerprint density at radius 3 is 2.38 bits per heavy atom. The third-order valence-electron chi connectivity index (χ3n) is 4.57. The van der Waals surface area contributed by atoms with Crippen LogP contribution < -0.4 is 4.90 Å². The van der Waals surface area contributed by atoms with Gasteiger partial charge in [-0.3, -0.25) is 14.6 Å². The minimum absolute atomic E-state index is 0.137. The molecule has 2 aromatic rings. The van der Waals surface area contributed by atoms with Crippen LogP contribution >= 0.6 is 11.8 Å². The van der Waals surface area contributed by atoms with Gasteiger partial charge in [0.2, 0.25) is 5.91 Å². The number of benzene rings is 2. The summed E-state index contributed by atoms with van der Waals surface area (Å²) in [7, 11) is 0. The van der Waals surface area contributed by atoms with Crippen molar-refractivity contribution in [3.05, 3.63) is 48.0 Å². The summed E-state index contributed by atoms with van der Waals surface area (Å²) in [4.78, 5) is 18.0. The molecule has 0 aliphatic carbocycles. The molecule has 0 atom stereocenters. The van der Waals surface area contributed by atoms with Crippen molar-refractivity contribution in [3.63, 3.8) is 0 Å². The second-order valence-corrected chi connectivity index (χ2v) is 7.45. The van der Waals surface area contributed by atoms with Gasteiger partial charge in [0.25, 0.3) is 0 Å². The number of rotatable bonds is 2. The molecule has 156 valence electrons. The summed E-state index contributed by atoms with van der Waals surface area (Å²) in [5.74, 6) is -0.245.